The Morgan fingerprint density at radius 3 is 2.68 bits per heavy atom. The first-order chi connectivity index (χ1) is 9.22. The van der Waals surface area contributed by atoms with Gasteiger partial charge in [-0.15, -0.1) is 0 Å². The third kappa shape index (κ3) is 2.30. The third-order valence-electron chi connectivity index (χ3n) is 2.60. The number of hydrogen-bond acceptors (Lipinski definition) is 4. The highest BCUT2D eigenvalue weighted by Gasteiger charge is 2.08. The summed E-state index contributed by atoms with van der Waals surface area (Å²) in [6.07, 6.45) is 0. The standard InChI is InChI=1S/C14H10FN3O/c15-9-4-3-5-10(8-9)19-13-11-6-1-2-7-12(11)17-14(16)18-13/h1-8H,(H2,16,17,18). The smallest absolute Gasteiger partial charge is 0.231 e. The topological polar surface area (TPSA) is 61.0 Å². The molecule has 19 heavy (non-hydrogen) atoms. The number of halogens is 1. The van der Waals surface area contributed by atoms with Crippen molar-refractivity contribution in [2.24, 2.45) is 0 Å². The number of ether oxygens (including phenoxy) is 1. The molecule has 0 bridgehead atoms. The first-order valence-corrected chi connectivity index (χ1v) is 5.68. The predicted molar refractivity (Wildman–Crippen MR) is 70.4 cm³/mol. The molecular weight excluding hydrogens is 245 g/mol. The number of anilines is 1. The highest BCUT2D eigenvalue weighted by Crippen LogP contribution is 2.27. The van der Waals surface area contributed by atoms with Gasteiger partial charge < -0.3 is 10.5 Å². The van der Waals surface area contributed by atoms with E-state index in [0.717, 1.165) is 5.39 Å². The Morgan fingerprint density at radius 1 is 1.00 bits per heavy atom. The van der Waals surface area contributed by atoms with Gasteiger partial charge in [0.1, 0.15) is 11.6 Å². The summed E-state index contributed by atoms with van der Waals surface area (Å²) < 4.78 is 18.7. The van der Waals surface area contributed by atoms with E-state index in [1.165, 1.54) is 12.1 Å². The van der Waals surface area contributed by atoms with Crippen LogP contribution in [0, 0.1) is 5.82 Å². The highest BCUT2D eigenvalue weighted by atomic mass is 19.1. The van der Waals surface area contributed by atoms with Crippen molar-refractivity contribution < 1.29 is 9.13 Å². The van der Waals surface area contributed by atoms with Crippen LogP contribution >= 0.6 is 0 Å². The van der Waals surface area contributed by atoms with Gasteiger partial charge >= 0.3 is 0 Å². The van der Waals surface area contributed by atoms with Crippen molar-refractivity contribution in [1.82, 2.24) is 9.97 Å². The molecule has 2 N–H and O–H groups in total. The normalized spacial score (nSPS) is 10.6. The van der Waals surface area contributed by atoms with Crippen molar-refractivity contribution >= 4 is 16.9 Å². The average Bonchev–Trinajstić information content (AvgIpc) is 2.38. The van der Waals surface area contributed by atoms with Gasteiger partial charge in [-0.1, -0.05) is 18.2 Å². The van der Waals surface area contributed by atoms with Gasteiger partial charge in [0.2, 0.25) is 11.8 Å². The Labute approximate surface area is 108 Å². The third-order valence-corrected chi connectivity index (χ3v) is 2.60. The van der Waals surface area contributed by atoms with Crippen LogP contribution in [0.3, 0.4) is 0 Å². The van der Waals surface area contributed by atoms with E-state index < -0.39 is 0 Å². The van der Waals surface area contributed by atoms with Gasteiger partial charge in [-0.3, -0.25) is 0 Å². The summed E-state index contributed by atoms with van der Waals surface area (Å²) in [6.45, 7) is 0. The molecule has 0 saturated carbocycles. The van der Waals surface area contributed by atoms with Crippen LogP contribution in [-0.2, 0) is 0 Å². The van der Waals surface area contributed by atoms with Gasteiger partial charge in [-0.2, -0.15) is 4.98 Å². The summed E-state index contributed by atoms with van der Waals surface area (Å²) in [4.78, 5) is 8.16. The molecule has 3 rings (SSSR count). The van der Waals surface area contributed by atoms with Crippen LogP contribution in [-0.4, -0.2) is 9.97 Å². The highest BCUT2D eigenvalue weighted by molar-refractivity contribution is 5.84. The summed E-state index contributed by atoms with van der Waals surface area (Å²) in [5, 5.41) is 0.723. The number of rotatable bonds is 2. The van der Waals surface area contributed by atoms with Crippen LogP contribution in [0.4, 0.5) is 10.3 Å². The minimum atomic E-state index is -0.371. The van der Waals surface area contributed by atoms with Gasteiger partial charge in [0.15, 0.2) is 0 Å². The maximum absolute atomic E-state index is 13.1. The SMILES string of the molecule is Nc1nc(Oc2cccc(F)c2)c2ccccc2n1. The molecule has 0 atom stereocenters. The molecule has 94 valence electrons. The fourth-order valence-corrected chi connectivity index (χ4v) is 1.78. The van der Waals surface area contributed by atoms with E-state index in [-0.39, 0.29) is 11.8 Å². The number of para-hydroxylation sites is 1. The second-order valence-corrected chi connectivity index (χ2v) is 3.96. The second-order valence-electron chi connectivity index (χ2n) is 3.96. The van der Waals surface area contributed by atoms with Crippen molar-refractivity contribution in [3.63, 3.8) is 0 Å². The van der Waals surface area contributed by atoms with Crippen LogP contribution in [0.2, 0.25) is 0 Å². The largest absolute Gasteiger partial charge is 0.438 e. The number of hydrogen-bond donors (Lipinski definition) is 1. The zero-order chi connectivity index (χ0) is 13.2. The molecule has 0 radical (unpaired) electrons. The summed E-state index contributed by atoms with van der Waals surface area (Å²) in [7, 11) is 0. The van der Waals surface area contributed by atoms with Crippen LogP contribution in [0.25, 0.3) is 10.9 Å². The van der Waals surface area contributed by atoms with E-state index in [4.69, 9.17) is 10.5 Å². The van der Waals surface area contributed by atoms with Crippen molar-refractivity contribution in [2.75, 3.05) is 5.73 Å². The van der Waals surface area contributed by atoms with Gasteiger partial charge in [-0.05, 0) is 24.3 Å². The maximum Gasteiger partial charge on any atom is 0.231 e. The molecular formula is C14H10FN3O. The molecule has 0 aliphatic heterocycles. The van der Waals surface area contributed by atoms with Crippen LogP contribution < -0.4 is 10.5 Å². The summed E-state index contributed by atoms with van der Waals surface area (Å²) >= 11 is 0. The van der Waals surface area contributed by atoms with Crippen molar-refractivity contribution in [2.45, 2.75) is 0 Å². The summed E-state index contributed by atoms with van der Waals surface area (Å²) in [5.74, 6) is 0.422. The van der Waals surface area contributed by atoms with Crippen LogP contribution in [0.1, 0.15) is 0 Å². The number of benzene rings is 2. The first-order valence-electron chi connectivity index (χ1n) is 5.68. The number of nitrogen functional groups attached to an aromatic ring is 1. The van der Waals surface area contributed by atoms with Crippen molar-refractivity contribution in [1.29, 1.82) is 0 Å². The average molecular weight is 255 g/mol. The van der Waals surface area contributed by atoms with Crippen LogP contribution in [0.5, 0.6) is 11.6 Å². The van der Waals surface area contributed by atoms with E-state index in [2.05, 4.69) is 9.97 Å². The zero-order valence-corrected chi connectivity index (χ0v) is 9.88. The maximum atomic E-state index is 13.1. The molecule has 0 saturated heterocycles. The van der Waals surface area contributed by atoms with Gasteiger partial charge in [0, 0.05) is 6.07 Å². The lowest BCUT2D eigenvalue weighted by Gasteiger charge is -2.08. The second kappa shape index (κ2) is 4.53. The summed E-state index contributed by atoms with van der Waals surface area (Å²) in [5.41, 5.74) is 6.31. The fourth-order valence-electron chi connectivity index (χ4n) is 1.78. The lowest BCUT2D eigenvalue weighted by molar-refractivity contribution is 0.464. The number of nitrogens with zero attached hydrogens (tertiary/aromatic N) is 2. The molecule has 0 amide bonds. The molecule has 4 nitrogen and oxygen atoms in total. The molecule has 5 heteroatoms. The first kappa shape index (κ1) is 11.4. The zero-order valence-electron chi connectivity index (χ0n) is 9.88. The lowest BCUT2D eigenvalue weighted by atomic mass is 10.2. The molecule has 0 unspecified atom stereocenters. The van der Waals surface area contributed by atoms with Crippen molar-refractivity contribution in [3.05, 3.63) is 54.3 Å². The van der Waals surface area contributed by atoms with Gasteiger partial charge in [0.25, 0.3) is 0 Å². The fraction of sp³-hybridized carbons (Fsp3) is 0. The van der Waals surface area contributed by atoms with E-state index >= 15 is 0 Å². The van der Waals surface area contributed by atoms with Gasteiger partial charge in [0.05, 0.1) is 10.9 Å². The molecule has 0 fully saturated rings. The van der Waals surface area contributed by atoms with E-state index in [0.29, 0.717) is 17.1 Å². The molecule has 0 aliphatic rings. The number of fused-ring (bicyclic) bond motifs is 1. The van der Waals surface area contributed by atoms with Gasteiger partial charge in [-0.25, -0.2) is 9.37 Å². The monoisotopic (exact) mass is 255 g/mol. The quantitative estimate of drug-likeness (QED) is 0.764. The number of aromatic nitrogens is 2. The molecule has 1 aromatic heterocycles. The molecule has 1 heterocycles. The lowest BCUT2D eigenvalue weighted by Crippen LogP contribution is -1.98. The number of nitrogens with two attached hydrogens (primary N) is 1. The van der Waals surface area contributed by atoms with Crippen LogP contribution in [0.15, 0.2) is 48.5 Å². The summed E-state index contributed by atoms with van der Waals surface area (Å²) in [6, 6.07) is 13.2. The molecule has 2 aromatic carbocycles. The van der Waals surface area contributed by atoms with E-state index in [1.807, 2.05) is 24.3 Å². The van der Waals surface area contributed by atoms with E-state index in [1.54, 1.807) is 12.1 Å². The Morgan fingerprint density at radius 2 is 1.84 bits per heavy atom. The molecule has 3 aromatic rings. The Balaban J connectivity index is 2.09. The minimum Gasteiger partial charge on any atom is -0.438 e. The Bertz CT molecular complexity index is 746. The Kier molecular flexibility index (Phi) is 2.72. The van der Waals surface area contributed by atoms with Crippen molar-refractivity contribution in [3.8, 4) is 11.6 Å². The predicted octanol–water partition coefficient (Wildman–Crippen LogP) is 3.14. The minimum absolute atomic E-state index is 0.116. The molecule has 0 aliphatic carbocycles. The Hall–Kier alpha value is -2.69. The molecule has 0 spiro atoms. The van der Waals surface area contributed by atoms with E-state index in [9.17, 15) is 4.39 Å².